The van der Waals surface area contributed by atoms with Gasteiger partial charge in [-0.2, -0.15) is 0 Å². The molecular formula is C19H20N2O3. The first-order valence-corrected chi connectivity index (χ1v) is 8.19. The van der Waals surface area contributed by atoms with E-state index < -0.39 is 0 Å². The molecular weight excluding hydrogens is 304 g/mol. The Hall–Kier alpha value is -2.69. The maximum atomic E-state index is 12.6. The molecule has 0 atom stereocenters. The molecule has 1 fully saturated rings. The van der Waals surface area contributed by atoms with Gasteiger partial charge in [-0.15, -0.1) is 0 Å². The number of carbonyl (C=O) groups is 1. The number of nitrogens with zero attached hydrogens (tertiary/aromatic N) is 1. The second-order valence-corrected chi connectivity index (χ2v) is 6.27. The standard InChI is InChI=1S/C19H20N2O3/c1-21(15-5-3-2-4-6-15)18(22)20-19(9-10-19)14-7-8-16-17(13-14)24-12-11-23-16/h2-8,13H,9-12H2,1H3,(H,20,22). The van der Waals surface area contributed by atoms with Crippen LogP contribution in [0.25, 0.3) is 0 Å². The first-order chi connectivity index (χ1) is 11.7. The molecule has 5 nitrogen and oxygen atoms in total. The number of anilines is 1. The van der Waals surface area contributed by atoms with Gasteiger partial charge < -0.3 is 14.8 Å². The van der Waals surface area contributed by atoms with Crippen LogP contribution in [0.15, 0.2) is 48.5 Å². The number of benzene rings is 2. The highest BCUT2D eigenvalue weighted by atomic mass is 16.6. The molecule has 0 radical (unpaired) electrons. The summed E-state index contributed by atoms with van der Waals surface area (Å²) in [6.07, 6.45) is 1.86. The second-order valence-electron chi connectivity index (χ2n) is 6.27. The van der Waals surface area contributed by atoms with Gasteiger partial charge >= 0.3 is 6.03 Å². The molecule has 0 saturated heterocycles. The van der Waals surface area contributed by atoms with E-state index in [0.29, 0.717) is 13.2 Å². The van der Waals surface area contributed by atoms with Gasteiger partial charge in [-0.3, -0.25) is 4.90 Å². The largest absolute Gasteiger partial charge is 0.486 e. The van der Waals surface area contributed by atoms with Crippen LogP contribution in [0.4, 0.5) is 10.5 Å². The summed E-state index contributed by atoms with van der Waals surface area (Å²) in [5.74, 6) is 1.53. The van der Waals surface area contributed by atoms with E-state index in [-0.39, 0.29) is 11.6 Å². The van der Waals surface area contributed by atoms with Gasteiger partial charge in [0.15, 0.2) is 11.5 Å². The lowest BCUT2D eigenvalue weighted by Crippen LogP contribution is -2.43. The maximum absolute atomic E-state index is 12.6. The van der Waals surface area contributed by atoms with Gasteiger partial charge in [-0.25, -0.2) is 4.79 Å². The van der Waals surface area contributed by atoms with Crippen molar-refractivity contribution in [2.24, 2.45) is 0 Å². The molecule has 0 spiro atoms. The van der Waals surface area contributed by atoms with E-state index in [9.17, 15) is 4.79 Å². The Kier molecular flexibility index (Phi) is 3.56. The molecule has 1 heterocycles. The van der Waals surface area contributed by atoms with Crippen LogP contribution in [-0.4, -0.2) is 26.3 Å². The van der Waals surface area contributed by atoms with Crippen molar-refractivity contribution in [2.45, 2.75) is 18.4 Å². The quantitative estimate of drug-likeness (QED) is 0.942. The fourth-order valence-electron chi connectivity index (χ4n) is 3.01. The zero-order chi connectivity index (χ0) is 16.6. The summed E-state index contributed by atoms with van der Waals surface area (Å²) in [7, 11) is 1.78. The van der Waals surface area contributed by atoms with Crippen molar-refractivity contribution in [1.29, 1.82) is 0 Å². The number of nitrogens with one attached hydrogen (secondary N) is 1. The number of hydrogen-bond donors (Lipinski definition) is 1. The number of rotatable bonds is 3. The van der Waals surface area contributed by atoms with Crippen LogP contribution in [0.3, 0.4) is 0 Å². The van der Waals surface area contributed by atoms with Crippen molar-refractivity contribution in [3.05, 3.63) is 54.1 Å². The van der Waals surface area contributed by atoms with Gasteiger partial charge in [0.2, 0.25) is 0 Å². The molecule has 1 saturated carbocycles. The summed E-state index contributed by atoms with van der Waals surface area (Å²) in [6.45, 7) is 1.14. The Morgan fingerprint density at radius 1 is 1.04 bits per heavy atom. The van der Waals surface area contributed by atoms with Gasteiger partial charge in [0.25, 0.3) is 0 Å². The number of carbonyl (C=O) groups excluding carboxylic acids is 1. The van der Waals surface area contributed by atoms with E-state index >= 15 is 0 Å². The van der Waals surface area contributed by atoms with E-state index in [1.165, 1.54) is 0 Å². The Labute approximate surface area is 141 Å². The van der Waals surface area contributed by atoms with Crippen molar-refractivity contribution < 1.29 is 14.3 Å². The first-order valence-electron chi connectivity index (χ1n) is 8.19. The van der Waals surface area contributed by atoms with Crippen molar-refractivity contribution >= 4 is 11.7 Å². The Bertz CT molecular complexity index is 756. The van der Waals surface area contributed by atoms with Crippen molar-refractivity contribution in [1.82, 2.24) is 5.32 Å². The van der Waals surface area contributed by atoms with Crippen molar-refractivity contribution in [3.63, 3.8) is 0 Å². The normalized spacial score (nSPS) is 17.0. The summed E-state index contributed by atoms with van der Waals surface area (Å²) < 4.78 is 11.2. The van der Waals surface area contributed by atoms with Crippen LogP contribution in [0, 0.1) is 0 Å². The molecule has 2 amide bonds. The lowest BCUT2D eigenvalue weighted by atomic mass is 10.0. The SMILES string of the molecule is CN(C(=O)NC1(c2ccc3c(c2)OCCO3)CC1)c1ccccc1. The summed E-state index contributed by atoms with van der Waals surface area (Å²) in [5, 5.41) is 3.18. The predicted octanol–water partition coefficient (Wildman–Crippen LogP) is 3.29. The topological polar surface area (TPSA) is 50.8 Å². The number of hydrogen-bond acceptors (Lipinski definition) is 3. The Balaban J connectivity index is 1.53. The second kappa shape index (κ2) is 5.74. The number of fused-ring (bicyclic) bond motifs is 1. The van der Waals surface area contributed by atoms with Gasteiger partial charge in [0, 0.05) is 12.7 Å². The molecule has 0 bridgehead atoms. The van der Waals surface area contributed by atoms with E-state index in [1.54, 1.807) is 11.9 Å². The zero-order valence-electron chi connectivity index (χ0n) is 13.6. The van der Waals surface area contributed by atoms with Crippen molar-refractivity contribution in [2.75, 3.05) is 25.2 Å². The van der Waals surface area contributed by atoms with Gasteiger partial charge in [-0.05, 0) is 42.7 Å². The summed E-state index contributed by atoms with van der Waals surface area (Å²) in [4.78, 5) is 14.3. The third kappa shape index (κ3) is 2.66. The molecule has 1 N–H and O–H groups in total. The smallest absolute Gasteiger partial charge is 0.322 e. The lowest BCUT2D eigenvalue weighted by molar-refractivity contribution is 0.171. The number of urea groups is 1. The molecule has 5 heteroatoms. The van der Waals surface area contributed by atoms with Crippen LogP contribution in [0.1, 0.15) is 18.4 Å². The Morgan fingerprint density at radius 3 is 2.46 bits per heavy atom. The van der Waals surface area contributed by atoms with E-state index in [0.717, 1.165) is 35.6 Å². The van der Waals surface area contributed by atoms with Gasteiger partial charge in [0.1, 0.15) is 13.2 Å². The predicted molar refractivity (Wildman–Crippen MR) is 91.7 cm³/mol. The molecule has 4 rings (SSSR count). The fraction of sp³-hybridized carbons (Fsp3) is 0.316. The average Bonchev–Trinajstić information content (AvgIpc) is 3.42. The molecule has 2 aliphatic rings. The molecule has 124 valence electrons. The van der Waals surface area contributed by atoms with E-state index in [4.69, 9.17) is 9.47 Å². The third-order valence-corrected chi connectivity index (χ3v) is 4.64. The van der Waals surface area contributed by atoms with Crippen LogP contribution >= 0.6 is 0 Å². The first kappa shape index (κ1) is 14.9. The van der Waals surface area contributed by atoms with Gasteiger partial charge in [0.05, 0.1) is 5.54 Å². The van der Waals surface area contributed by atoms with E-state index in [2.05, 4.69) is 5.32 Å². The van der Waals surface area contributed by atoms with Crippen LogP contribution < -0.4 is 19.7 Å². The number of amides is 2. The zero-order valence-corrected chi connectivity index (χ0v) is 13.6. The van der Waals surface area contributed by atoms with Crippen LogP contribution in [-0.2, 0) is 5.54 Å². The monoisotopic (exact) mass is 324 g/mol. The molecule has 2 aromatic carbocycles. The number of ether oxygens (including phenoxy) is 2. The average molecular weight is 324 g/mol. The highest BCUT2D eigenvalue weighted by Gasteiger charge is 2.46. The minimum Gasteiger partial charge on any atom is -0.486 e. The number of para-hydroxylation sites is 1. The highest BCUT2D eigenvalue weighted by molar-refractivity contribution is 5.92. The molecule has 1 aliphatic carbocycles. The minimum absolute atomic E-state index is 0.103. The molecule has 1 aliphatic heterocycles. The maximum Gasteiger partial charge on any atom is 0.322 e. The van der Waals surface area contributed by atoms with Crippen LogP contribution in [0.5, 0.6) is 11.5 Å². The molecule has 0 unspecified atom stereocenters. The summed E-state index contributed by atoms with van der Waals surface area (Å²) in [5.41, 5.74) is 1.64. The van der Waals surface area contributed by atoms with E-state index in [1.807, 2.05) is 48.5 Å². The molecule has 2 aromatic rings. The molecule has 0 aromatic heterocycles. The Morgan fingerprint density at radius 2 is 1.75 bits per heavy atom. The highest BCUT2D eigenvalue weighted by Crippen LogP contribution is 2.48. The molecule has 24 heavy (non-hydrogen) atoms. The fourth-order valence-corrected chi connectivity index (χ4v) is 3.01. The summed E-state index contributed by atoms with van der Waals surface area (Å²) >= 11 is 0. The summed E-state index contributed by atoms with van der Waals surface area (Å²) in [6, 6.07) is 15.5. The van der Waals surface area contributed by atoms with Gasteiger partial charge in [-0.1, -0.05) is 24.3 Å². The third-order valence-electron chi connectivity index (χ3n) is 4.64. The lowest BCUT2D eigenvalue weighted by Gasteiger charge is -2.25. The minimum atomic E-state index is -0.296. The van der Waals surface area contributed by atoms with Crippen molar-refractivity contribution in [3.8, 4) is 11.5 Å². The van der Waals surface area contributed by atoms with Crippen LogP contribution in [0.2, 0.25) is 0 Å².